The van der Waals surface area contributed by atoms with Crippen LogP contribution in [0.4, 0.5) is 0 Å². The molecule has 1 aliphatic heterocycles. The molecule has 1 saturated heterocycles. The molecule has 9 nitrogen and oxygen atoms in total. The summed E-state index contributed by atoms with van der Waals surface area (Å²) in [5, 5.41) is 11.4. The molecule has 1 aromatic carbocycles. The second-order valence-corrected chi connectivity index (χ2v) is 7.96. The van der Waals surface area contributed by atoms with Gasteiger partial charge in [0.05, 0.1) is 31.5 Å². The number of methoxy groups -OCH3 is 1. The van der Waals surface area contributed by atoms with Crippen LogP contribution >= 0.6 is 0 Å². The molecular formula is C24H25N3O6. The van der Waals surface area contributed by atoms with Gasteiger partial charge in [0.25, 0.3) is 0 Å². The molecule has 33 heavy (non-hydrogen) atoms. The lowest BCUT2D eigenvalue weighted by molar-refractivity contribution is -0.141. The fourth-order valence-electron chi connectivity index (χ4n) is 4.13. The fraction of sp³-hybridized carbons (Fsp3) is 0.333. The summed E-state index contributed by atoms with van der Waals surface area (Å²) in [6.45, 7) is 2.80. The number of piperazine rings is 1. The van der Waals surface area contributed by atoms with Gasteiger partial charge in [-0.1, -0.05) is 18.2 Å². The summed E-state index contributed by atoms with van der Waals surface area (Å²) in [5.74, 6) is -1.38. The van der Waals surface area contributed by atoms with Crippen molar-refractivity contribution in [2.75, 3.05) is 33.3 Å². The van der Waals surface area contributed by atoms with E-state index in [2.05, 4.69) is 9.88 Å². The van der Waals surface area contributed by atoms with Gasteiger partial charge in [0.15, 0.2) is 5.76 Å². The van der Waals surface area contributed by atoms with Gasteiger partial charge in [0, 0.05) is 43.8 Å². The number of aromatic nitrogens is 1. The zero-order valence-electron chi connectivity index (χ0n) is 18.3. The number of carbonyl (C=O) groups excluding carboxylic acids is 2. The van der Waals surface area contributed by atoms with Gasteiger partial charge in [0.2, 0.25) is 17.6 Å². The van der Waals surface area contributed by atoms with E-state index in [-0.39, 0.29) is 12.2 Å². The maximum Gasteiger partial charge on any atom is 0.306 e. The van der Waals surface area contributed by atoms with Crippen molar-refractivity contribution in [1.29, 1.82) is 0 Å². The Kier molecular flexibility index (Phi) is 6.69. The average molecular weight is 451 g/mol. The molecule has 9 heteroatoms. The van der Waals surface area contributed by atoms with Crippen molar-refractivity contribution in [1.82, 2.24) is 14.8 Å². The summed E-state index contributed by atoms with van der Waals surface area (Å²) in [4.78, 5) is 44.0. The fourth-order valence-corrected chi connectivity index (χ4v) is 4.13. The number of rotatable bonds is 7. The molecule has 3 heterocycles. The van der Waals surface area contributed by atoms with Crippen LogP contribution in [0.15, 0.2) is 51.8 Å². The molecule has 0 bridgehead atoms. The zero-order valence-corrected chi connectivity index (χ0v) is 18.3. The second kappa shape index (κ2) is 9.83. The predicted molar refractivity (Wildman–Crippen MR) is 120 cm³/mol. The maximum atomic E-state index is 12.6. The molecule has 1 fully saturated rings. The van der Waals surface area contributed by atoms with Gasteiger partial charge in [-0.2, -0.15) is 0 Å². The SMILES string of the molecule is COC(=O)C[C@@H](c1oc(CN2CCN(C=O)CC2)cc(=O)c1O)c1ccnc2ccccc12. The topological polar surface area (TPSA) is 113 Å². The Balaban J connectivity index is 1.74. The molecule has 4 rings (SSSR count). The molecule has 1 N–H and O–H groups in total. The third-order valence-electron chi connectivity index (χ3n) is 5.91. The Morgan fingerprint density at radius 1 is 1.24 bits per heavy atom. The van der Waals surface area contributed by atoms with Gasteiger partial charge in [0.1, 0.15) is 5.76 Å². The molecule has 0 aliphatic carbocycles. The number of esters is 1. The van der Waals surface area contributed by atoms with E-state index in [4.69, 9.17) is 9.15 Å². The van der Waals surface area contributed by atoms with Gasteiger partial charge >= 0.3 is 5.97 Å². The van der Waals surface area contributed by atoms with Crippen molar-refractivity contribution in [3.63, 3.8) is 0 Å². The van der Waals surface area contributed by atoms with E-state index in [1.807, 2.05) is 24.3 Å². The molecule has 0 radical (unpaired) electrons. The molecule has 2 aromatic heterocycles. The third kappa shape index (κ3) is 4.88. The summed E-state index contributed by atoms with van der Waals surface area (Å²) >= 11 is 0. The summed E-state index contributed by atoms with van der Waals surface area (Å²) in [6.07, 6.45) is 2.32. The second-order valence-electron chi connectivity index (χ2n) is 7.96. The number of hydrogen-bond acceptors (Lipinski definition) is 8. The van der Waals surface area contributed by atoms with Crippen LogP contribution in [0.2, 0.25) is 0 Å². The molecule has 0 unspecified atom stereocenters. The van der Waals surface area contributed by atoms with Crippen molar-refractivity contribution in [2.24, 2.45) is 0 Å². The molecule has 1 aliphatic rings. The molecule has 3 aromatic rings. The summed E-state index contributed by atoms with van der Waals surface area (Å²) in [6, 6.07) is 10.4. The van der Waals surface area contributed by atoms with Crippen molar-refractivity contribution >= 4 is 23.3 Å². The highest BCUT2D eigenvalue weighted by molar-refractivity contribution is 5.84. The van der Waals surface area contributed by atoms with Crippen molar-refractivity contribution in [2.45, 2.75) is 18.9 Å². The summed E-state index contributed by atoms with van der Waals surface area (Å²) < 4.78 is 10.9. The highest BCUT2D eigenvalue weighted by Crippen LogP contribution is 2.36. The lowest BCUT2D eigenvalue weighted by Gasteiger charge is -2.32. The Bertz CT molecular complexity index is 1210. The van der Waals surface area contributed by atoms with Crippen LogP contribution < -0.4 is 5.43 Å². The number of amides is 1. The Morgan fingerprint density at radius 2 is 2.00 bits per heavy atom. The number of pyridine rings is 1. The predicted octanol–water partition coefficient (Wildman–Crippen LogP) is 1.86. The number of nitrogens with zero attached hydrogens (tertiary/aromatic N) is 3. The monoisotopic (exact) mass is 451 g/mol. The molecule has 0 saturated carbocycles. The van der Waals surface area contributed by atoms with E-state index in [0.717, 1.165) is 17.3 Å². The number of aromatic hydroxyl groups is 1. The molecule has 1 atom stereocenters. The Labute approximate surface area is 190 Å². The molecule has 172 valence electrons. The van der Waals surface area contributed by atoms with Crippen LogP contribution in [0, 0.1) is 0 Å². The number of ether oxygens (including phenoxy) is 1. The normalized spacial score (nSPS) is 15.4. The number of fused-ring (bicyclic) bond motifs is 1. The third-order valence-corrected chi connectivity index (χ3v) is 5.91. The van der Waals surface area contributed by atoms with Crippen LogP contribution in [0.5, 0.6) is 5.75 Å². The highest BCUT2D eigenvalue weighted by Gasteiger charge is 2.28. The molecule has 0 spiro atoms. The first-order valence-electron chi connectivity index (χ1n) is 10.7. The Hall–Kier alpha value is -3.72. The lowest BCUT2D eigenvalue weighted by atomic mass is 9.90. The lowest BCUT2D eigenvalue weighted by Crippen LogP contribution is -2.45. The summed E-state index contributed by atoms with van der Waals surface area (Å²) in [7, 11) is 1.29. The quantitative estimate of drug-likeness (QED) is 0.428. The molecular weight excluding hydrogens is 426 g/mol. The van der Waals surface area contributed by atoms with Crippen LogP contribution in [0.3, 0.4) is 0 Å². The largest absolute Gasteiger partial charge is 0.502 e. The van der Waals surface area contributed by atoms with Gasteiger partial charge in [-0.15, -0.1) is 0 Å². The van der Waals surface area contributed by atoms with Gasteiger partial charge in [-0.05, 0) is 17.7 Å². The van der Waals surface area contributed by atoms with Gasteiger partial charge < -0.3 is 19.2 Å². The Morgan fingerprint density at radius 3 is 2.73 bits per heavy atom. The van der Waals surface area contributed by atoms with E-state index in [1.165, 1.54) is 13.2 Å². The summed E-state index contributed by atoms with van der Waals surface area (Å²) in [5.41, 5.74) is 0.836. The van der Waals surface area contributed by atoms with Gasteiger partial charge in [-0.3, -0.25) is 24.3 Å². The standard InChI is InChI=1S/C24H25N3O6/c1-32-22(30)13-19(17-6-7-25-20-5-3-2-4-18(17)20)24-23(31)21(29)12-16(33-24)14-26-8-10-27(15-28)11-9-26/h2-7,12,15,19,31H,8-11,13-14H2,1H3/t19-/m1/s1. The van der Waals surface area contributed by atoms with E-state index in [9.17, 15) is 19.5 Å². The van der Waals surface area contributed by atoms with E-state index >= 15 is 0 Å². The van der Waals surface area contributed by atoms with Crippen LogP contribution in [0.25, 0.3) is 10.9 Å². The minimum absolute atomic E-state index is 0.0192. The molecule has 1 amide bonds. The smallest absolute Gasteiger partial charge is 0.306 e. The number of benzene rings is 1. The zero-order chi connectivity index (χ0) is 23.4. The first-order valence-corrected chi connectivity index (χ1v) is 10.7. The highest BCUT2D eigenvalue weighted by atomic mass is 16.5. The van der Waals surface area contributed by atoms with Crippen molar-refractivity contribution in [3.8, 4) is 5.75 Å². The van der Waals surface area contributed by atoms with Crippen LogP contribution in [0.1, 0.15) is 29.4 Å². The average Bonchev–Trinajstić information content (AvgIpc) is 2.85. The van der Waals surface area contributed by atoms with Crippen LogP contribution in [-0.2, 0) is 20.9 Å². The van der Waals surface area contributed by atoms with Gasteiger partial charge in [-0.25, -0.2) is 0 Å². The van der Waals surface area contributed by atoms with Crippen molar-refractivity contribution < 1.29 is 23.8 Å². The number of carbonyl (C=O) groups is 2. The first kappa shape index (κ1) is 22.5. The first-order chi connectivity index (χ1) is 16.0. The minimum atomic E-state index is -0.745. The number of para-hydroxylation sites is 1. The van der Waals surface area contributed by atoms with Crippen LogP contribution in [-0.4, -0.2) is 65.6 Å². The van der Waals surface area contributed by atoms with E-state index in [1.54, 1.807) is 17.2 Å². The van der Waals surface area contributed by atoms with Crippen molar-refractivity contribution in [3.05, 3.63) is 69.9 Å². The van der Waals surface area contributed by atoms with E-state index < -0.39 is 23.1 Å². The van der Waals surface area contributed by atoms with E-state index in [0.29, 0.717) is 44.0 Å². The maximum absolute atomic E-state index is 12.6. The minimum Gasteiger partial charge on any atom is -0.502 e. The number of hydrogen-bond donors (Lipinski definition) is 1.